The molecular weight excluding hydrogens is 330 g/mol. The normalized spacial score (nSPS) is 10.9. The van der Waals surface area contributed by atoms with Gasteiger partial charge in [0, 0.05) is 18.0 Å². The zero-order chi connectivity index (χ0) is 11.8. The van der Waals surface area contributed by atoms with Crippen LogP contribution in [0.25, 0.3) is 16.9 Å². The number of benzene rings is 1. The molecule has 0 fully saturated rings. The van der Waals surface area contributed by atoms with Gasteiger partial charge in [-0.25, -0.2) is 9.37 Å². The van der Waals surface area contributed by atoms with Crippen LogP contribution in [0.5, 0.6) is 0 Å². The average molecular weight is 338 g/mol. The molecule has 0 atom stereocenters. The molecule has 0 saturated carbocycles. The van der Waals surface area contributed by atoms with Crippen LogP contribution in [0, 0.1) is 9.39 Å². The van der Waals surface area contributed by atoms with Crippen LogP contribution in [0.2, 0.25) is 0 Å². The Balaban J connectivity index is 2.22. The lowest BCUT2D eigenvalue weighted by atomic mass is 10.2. The smallest absolute Gasteiger partial charge is 0.150 e. The summed E-state index contributed by atoms with van der Waals surface area (Å²) in [6.45, 7) is 0. The highest BCUT2D eigenvalue weighted by Crippen LogP contribution is 2.21. The first-order valence-corrected chi connectivity index (χ1v) is 6.21. The van der Waals surface area contributed by atoms with E-state index in [-0.39, 0.29) is 5.82 Å². The van der Waals surface area contributed by atoms with Crippen LogP contribution in [-0.4, -0.2) is 9.38 Å². The van der Waals surface area contributed by atoms with Crippen LogP contribution in [0.3, 0.4) is 0 Å². The minimum Gasteiger partial charge on any atom is -0.306 e. The summed E-state index contributed by atoms with van der Waals surface area (Å²) in [6.07, 6.45) is 3.85. The van der Waals surface area contributed by atoms with E-state index in [0.717, 1.165) is 20.5 Å². The van der Waals surface area contributed by atoms with Crippen LogP contribution < -0.4 is 0 Å². The van der Waals surface area contributed by atoms with Gasteiger partial charge in [0.25, 0.3) is 0 Å². The summed E-state index contributed by atoms with van der Waals surface area (Å²) in [6, 6.07) is 10.4. The summed E-state index contributed by atoms with van der Waals surface area (Å²) in [5.41, 5.74) is 2.48. The largest absolute Gasteiger partial charge is 0.306 e. The molecule has 0 saturated heterocycles. The summed E-state index contributed by atoms with van der Waals surface area (Å²) < 4.78 is 16.2. The minimum absolute atomic E-state index is 0.241. The van der Waals surface area contributed by atoms with E-state index in [1.807, 2.05) is 35.0 Å². The van der Waals surface area contributed by atoms with E-state index >= 15 is 0 Å². The second-order valence-electron chi connectivity index (χ2n) is 3.72. The second-order valence-corrected chi connectivity index (χ2v) is 4.89. The molecule has 0 spiro atoms. The molecule has 4 heteroatoms. The Hall–Kier alpha value is -1.43. The van der Waals surface area contributed by atoms with Gasteiger partial charge in [-0.1, -0.05) is 12.1 Å². The van der Waals surface area contributed by atoms with Gasteiger partial charge in [0.05, 0.1) is 9.26 Å². The molecule has 0 radical (unpaired) electrons. The Labute approximate surface area is 111 Å². The lowest BCUT2D eigenvalue weighted by molar-refractivity contribution is 0.628. The molecule has 3 rings (SSSR count). The van der Waals surface area contributed by atoms with Crippen molar-refractivity contribution in [2.24, 2.45) is 0 Å². The molecule has 2 heterocycles. The van der Waals surface area contributed by atoms with Crippen molar-refractivity contribution in [3.8, 4) is 11.3 Å². The van der Waals surface area contributed by atoms with Gasteiger partial charge in [0.1, 0.15) is 5.82 Å². The van der Waals surface area contributed by atoms with Gasteiger partial charge in [-0.2, -0.15) is 0 Å². The Morgan fingerprint density at radius 3 is 2.82 bits per heavy atom. The third kappa shape index (κ3) is 1.93. The van der Waals surface area contributed by atoms with E-state index in [2.05, 4.69) is 27.6 Å². The van der Waals surface area contributed by atoms with Crippen LogP contribution in [0.4, 0.5) is 4.39 Å². The molecule has 0 aliphatic rings. The van der Waals surface area contributed by atoms with Gasteiger partial charge in [-0.3, -0.25) is 0 Å². The molecule has 0 aliphatic carbocycles. The highest BCUT2D eigenvalue weighted by Gasteiger charge is 2.06. The number of nitrogens with zero attached hydrogens (tertiary/aromatic N) is 2. The maximum Gasteiger partial charge on any atom is 0.150 e. The van der Waals surface area contributed by atoms with Crippen LogP contribution in [0.1, 0.15) is 0 Å². The number of hydrogen-bond donors (Lipinski definition) is 0. The maximum absolute atomic E-state index is 13.2. The fourth-order valence-electron chi connectivity index (χ4n) is 1.77. The fraction of sp³-hybridized carbons (Fsp3) is 0. The van der Waals surface area contributed by atoms with E-state index in [1.165, 1.54) is 12.1 Å². The first-order chi connectivity index (χ1) is 8.24. The summed E-state index contributed by atoms with van der Waals surface area (Å²) in [4.78, 5) is 4.51. The molecule has 3 aromatic rings. The van der Waals surface area contributed by atoms with Gasteiger partial charge in [0.15, 0.2) is 5.65 Å². The van der Waals surface area contributed by atoms with Crippen LogP contribution in [0.15, 0.2) is 48.8 Å². The molecular formula is C13H8FIN2. The van der Waals surface area contributed by atoms with Crippen molar-refractivity contribution in [2.45, 2.75) is 0 Å². The maximum atomic E-state index is 13.2. The Kier molecular flexibility index (Phi) is 2.58. The SMILES string of the molecule is Fc1cccc(-c2cn3cccc(I)c3n2)c1. The molecule has 0 amide bonds. The summed E-state index contributed by atoms with van der Waals surface area (Å²) in [5, 5.41) is 0. The predicted octanol–water partition coefficient (Wildman–Crippen LogP) is 3.75. The molecule has 0 bridgehead atoms. The zero-order valence-corrected chi connectivity index (χ0v) is 10.9. The average Bonchev–Trinajstić information content (AvgIpc) is 2.74. The summed E-state index contributed by atoms with van der Waals surface area (Å²) in [7, 11) is 0. The lowest BCUT2D eigenvalue weighted by Crippen LogP contribution is -1.83. The molecule has 0 aliphatic heterocycles. The van der Waals surface area contributed by atoms with Crippen molar-refractivity contribution in [3.05, 3.63) is 58.2 Å². The standard InChI is InChI=1S/C13H8FIN2/c14-10-4-1-3-9(7-10)12-8-17-6-2-5-11(15)13(17)16-12/h1-8H. The van der Waals surface area contributed by atoms with Crippen molar-refractivity contribution in [1.29, 1.82) is 0 Å². The lowest BCUT2D eigenvalue weighted by Gasteiger charge is -1.94. The molecule has 1 aromatic carbocycles. The Morgan fingerprint density at radius 2 is 2.06 bits per heavy atom. The molecule has 0 N–H and O–H groups in total. The number of aromatic nitrogens is 2. The number of halogens is 2. The molecule has 0 unspecified atom stereocenters. The van der Waals surface area contributed by atoms with Crippen molar-refractivity contribution in [1.82, 2.24) is 9.38 Å². The highest BCUT2D eigenvalue weighted by atomic mass is 127. The predicted molar refractivity (Wildman–Crippen MR) is 73.3 cm³/mol. The number of fused-ring (bicyclic) bond motifs is 1. The Bertz CT molecular complexity index is 691. The van der Waals surface area contributed by atoms with Gasteiger partial charge in [-0.05, 0) is 46.9 Å². The molecule has 2 aromatic heterocycles. The fourth-order valence-corrected chi connectivity index (χ4v) is 2.37. The molecule has 84 valence electrons. The van der Waals surface area contributed by atoms with Gasteiger partial charge in [-0.15, -0.1) is 0 Å². The summed E-state index contributed by atoms with van der Waals surface area (Å²) >= 11 is 2.24. The van der Waals surface area contributed by atoms with Crippen molar-refractivity contribution < 1.29 is 4.39 Å². The van der Waals surface area contributed by atoms with Gasteiger partial charge >= 0.3 is 0 Å². The first-order valence-electron chi connectivity index (χ1n) is 5.13. The van der Waals surface area contributed by atoms with Gasteiger partial charge in [0.2, 0.25) is 0 Å². The topological polar surface area (TPSA) is 17.3 Å². The zero-order valence-electron chi connectivity index (χ0n) is 8.77. The first kappa shape index (κ1) is 10.7. The molecule has 17 heavy (non-hydrogen) atoms. The van der Waals surface area contributed by atoms with E-state index in [1.54, 1.807) is 6.07 Å². The second kappa shape index (κ2) is 4.10. The van der Waals surface area contributed by atoms with E-state index < -0.39 is 0 Å². The highest BCUT2D eigenvalue weighted by molar-refractivity contribution is 14.1. The van der Waals surface area contributed by atoms with Crippen molar-refractivity contribution in [3.63, 3.8) is 0 Å². The van der Waals surface area contributed by atoms with Gasteiger partial charge < -0.3 is 4.40 Å². The van der Waals surface area contributed by atoms with E-state index in [4.69, 9.17) is 0 Å². The van der Waals surface area contributed by atoms with E-state index in [0.29, 0.717) is 0 Å². The quantitative estimate of drug-likeness (QED) is 0.618. The third-order valence-electron chi connectivity index (χ3n) is 2.56. The molecule has 2 nitrogen and oxygen atoms in total. The van der Waals surface area contributed by atoms with Crippen LogP contribution in [-0.2, 0) is 0 Å². The number of pyridine rings is 1. The van der Waals surface area contributed by atoms with Crippen molar-refractivity contribution >= 4 is 28.2 Å². The number of hydrogen-bond acceptors (Lipinski definition) is 1. The monoisotopic (exact) mass is 338 g/mol. The number of imidazole rings is 1. The van der Waals surface area contributed by atoms with E-state index in [9.17, 15) is 4.39 Å². The van der Waals surface area contributed by atoms with Crippen molar-refractivity contribution in [2.75, 3.05) is 0 Å². The summed E-state index contributed by atoms with van der Waals surface area (Å²) in [5.74, 6) is -0.241. The number of rotatable bonds is 1. The Morgan fingerprint density at radius 1 is 1.18 bits per heavy atom. The minimum atomic E-state index is -0.241. The third-order valence-corrected chi connectivity index (χ3v) is 3.40. The van der Waals surface area contributed by atoms with Crippen LogP contribution >= 0.6 is 22.6 Å².